The zero-order chi connectivity index (χ0) is 59.3. The number of ketones is 5. The second kappa shape index (κ2) is 24.8. The van der Waals surface area contributed by atoms with Crippen LogP contribution in [0.2, 0.25) is 0 Å². The molecule has 23 heteroatoms. The van der Waals surface area contributed by atoms with Crippen LogP contribution in [0.25, 0.3) is 0 Å². The Morgan fingerprint density at radius 1 is 0.667 bits per heavy atom. The standard InChI is InChI=1S/C26H32N2O7.C24H25N3O5.2C5H11NO2.CH4/c1-14(29)17(27-2)13-33-24(31)34-19-6-5-16-11-20-26(32)8-7-18(30)23-25(26,21(16)22(19)35-23)9-10-28(20)12-15-3-4-15;28-16-5-6-24(30)18-11-15-3-4-17(31-22(29)27-10-8-25-13-27)20-19(15)23(24,21(16)32-20)7-9-26(18)12-14-1-2-14;2*1-4(8)5(3-7)6-2;/h5-6,15,17,20,23,27,32H,3-4,7-13H2,1-2H3;3-4,8,10,13-14,18,21,30H,1-2,5-7,9,11-12H2;2*5-7H,3H2,1-2H3;1H4/t17?,20-,23?,25+,26-;18-,21?,23+,24-;;;/m11.../s1. The van der Waals surface area contributed by atoms with E-state index < -0.39 is 52.5 Å². The molecule has 3 aromatic rings. The van der Waals surface area contributed by atoms with Gasteiger partial charge in [-0.25, -0.2) is 19.1 Å². The summed E-state index contributed by atoms with van der Waals surface area (Å²) in [7, 11) is 4.89. The smallest absolute Gasteiger partial charge is 0.477 e. The van der Waals surface area contributed by atoms with Crippen molar-refractivity contribution in [2.75, 3.05) is 67.1 Å². The molecule has 7 N–H and O–H groups in total. The Morgan fingerprint density at radius 3 is 1.48 bits per heavy atom. The number of nitrogens with one attached hydrogen (secondary N) is 3. The molecule has 2 aromatic carbocycles. The van der Waals surface area contributed by atoms with Crippen molar-refractivity contribution in [1.82, 2.24) is 35.3 Å². The molecule has 1 aromatic heterocycles. The van der Waals surface area contributed by atoms with Crippen LogP contribution in [-0.4, -0.2) is 202 Å². The van der Waals surface area contributed by atoms with E-state index in [4.69, 9.17) is 33.9 Å². The molecule has 11 atom stereocenters. The molecule has 13 rings (SSSR count). The second-order valence-electron chi connectivity index (χ2n) is 24.1. The zero-order valence-electron chi connectivity index (χ0n) is 48.1. The quantitative estimate of drug-likeness (QED) is 0.0801. The molecular formula is C61H83N7O16. The van der Waals surface area contributed by atoms with E-state index in [0.717, 1.165) is 54.4 Å². The van der Waals surface area contributed by atoms with Gasteiger partial charge in [0.15, 0.2) is 46.8 Å². The van der Waals surface area contributed by atoms with Gasteiger partial charge in [-0.3, -0.25) is 33.8 Å². The molecule has 4 aliphatic heterocycles. The summed E-state index contributed by atoms with van der Waals surface area (Å²) in [6.07, 6.45) is 10.5. The number of aliphatic hydroxyl groups is 4. The summed E-state index contributed by atoms with van der Waals surface area (Å²) in [5.74, 6) is 2.51. The first-order valence-corrected chi connectivity index (χ1v) is 29.2. The Bertz CT molecular complexity index is 2970. The number of ether oxygens (including phenoxy) is 5. The normalized spacial score (nSPS) is 29.7. The number of carbonyl (C=O) groups excluding carboxylic acids is 7. The van der Waals surface area contributed by atoms with Crippen LogP contribution in [0.15, 0.2) is 43.0 Å². The van der Waals surface area contributed by atoms with E-state index in [0.29, 0.717) is 68.1 Å². The third-order valence-corrected chi connectivity index (χ3v) is 19.4. The molecule has 23 nitrogen and oxygen atoms in total. The minimum Gasteiger partial charge on any atom is -0.477 e. The number of hydrogen-bond donors (Lipinski definition) is 7. The summed E-state index contributed by atoms with van der Waals surface area (Å²) < 4.78 is 30.2. The van der Waals surface area contributed by atoms with Crippen molar-refractivity contribution in [3.63, 3.8) is 0 Å². The summed E-state index contributed by atoms with van der Waals surface area (Å²) in [6, 6.07) is 5.88. The van der Waals surface area contributed by atoms with E-state index in [2.05, 4.69) is 30.7 Å². The minimum atomic E-state index is -1.07. The number of nitrogens with zero attached hydrogens (tertiary/aromatic N) is 4. The first kappa shape index (κ1) is 62.5. The van der Waals surface area contributed by atoms with E-state index >= 15 is 0 Å². The van der Waals surface area contributed by atoms with Gasteiger partial charge in [-0.05, 0) is 154 Å². The third-order valence-electron chi connectivity index (χ3n) is 19.4. The maximum absolute atomic E-state index is 13.1. The van der Waals surface area contributed by atoms with Crippen molar-refractivity contribution < 1.29 is 77.7 Å². The Balaban J connectivity index is 0.000000159. The molecule has 6 fully saturated rings. The Morgan fingerprint density at radius 2 is 1.11 bits per heavy atom. The molecule has 2 saturated heterocycles. The van der Waals surface area contributed by atoms with E-state index in [-0.39, 0.29) is 92.5 Å². The van der Waals surface area contributed by atoms with Gasteiger partial charge in [0, 0.05) is 61.5 Å². The molecule has 4 saturated carbocycles. The molecular weight excluding hydrogens is 1090 g/mol. The van der Waals surface area contributed by atoms with Crippen LogP contribution in [-0.2, 0) is 52.4 Å². The molecule has 0 radical (unpaired) electrons. The van der Waals surface area contributed by atoms with Gasteiger partial charge in [-0.15, -0.1) is 0 Å². The lowest BCUT2D eigenvalue weighted by molar-refractivity contribution is -0.188. The fourth-order valence-electron chi connectivity index (χ4n) is 14.7. The zero-order valence-corrected chi connectivity index (χ0v) is 48.1. The first-order chi connectivity index (χ1) is 39.7. The van der Waals surface area contributed by atoms with Gasteiger partial charge in [0.25, 0.3) is 0 Å². The lowest BCUT2D eigenvalue weighted by atomic mass is 9.49. The number of aliphatic hydroxyl groups excluding tert-OH is 2. The number of carbonyl (C=O) groups is 7. The number of hydrogen-bond acceptors (Lipinski definition) is 22. The highest BCUT2D eigenvalue weighted by molar-refractivity contribution is 5.91. The Hall–Kier alpha value is -6.02. The largest absolute Gasteiger partial charge is 0.514 e. The summed E-state index contributed by atoms with van der Waals surface area (Å²) in [4.78, 5) is 92.4. The number of piperidine rings is 2. The molecule has 458 valence electrons. The molecule has 5 unspecified atom stereocenters. The first-order valence-electron chi connectivity index (χ1n) is 29.2. The Labute approximate surface area is 489 Å². The molecule has 5 heterocycles. The van der Waals surface area contributed by atoms with Crippen LogP contribution in [0, 0.1) is 11.8 Å². The van der Waals surface area contributed by atoms with Crippen molar-refractivity contribution in [3.8, 4) is 23.0 Å². The van der Waals surface area contributed by atoms with Gasteiger partial charge in [-0.2, -0.15) is 0 Å². The van der Waals surface area contributed by atoms with Crippen molar-refractivity contribution in [1.29, 1.82) is 0 Å². The number of aromatic nitrogens is 2. The van der Waals surface area contributed by atoms with Gasteiger partial charge in [0.2, 0.25) is 0 Å². The number of imidazole rings is 1. The lowest BCUT2D eigenvalue weighted by Gasteiger charge is -2.62. The average molecular weight is 1170 g/mol. The summed E-state index contributed by atoms with van der Waals surface area (Å²) in [6.45, 7) is 7.56. The summed E-state index contributed by atoms with van der Waals surface area (Å²) in [5, 5.41) is 49.5. The van der Waals surface area contributed by atoms with Crippen LogP contribution >= 0.6 is 0 Å². The topological polar surface area (TPSA) is 307 Å². The minimum absolute atomic E-state index is 0. The number of likely N-dealkylation sites (tertiary alicyclic amines) is 2. The number of Topliss-reactive ketones (excluding diaryl/α,β-unsaturated/α-hetero) is 5. The van der Waals surface area contributed by atoms with Crippen LogP contribution in [0.3, 0.4) is 0 Å². The second-order valence-corrected chi connectivity index (χ2v) is 24.1. The SMILES string of the molecule is C.CNC(CO)C(C)=O.CNC(CO)C(C)=O.CNC(COC(=O)Oc1ccc2c3c1OC1C(=O)CC[C@@]4(O)[C@@H](C2)N(CC2CC2)CC[C@]314)C(C)=O.O=C1CC[C@@]2(O)[C@H]3Cc4ccc(OC(=O)n5ccnc5)c5c4[C@@]2(CCN3CC2CC2)C1O5. The summed E-state index contributed by atoms with van der Waals surface area (Å²) in [5.41, 5.74) is 0.147. The highest BCUT2D eigenvalue weighted by Crippen LogP contribution is 2.67. The van der Waals surface area contributed by atoms with Crippen LogP contribution in [0.1, 0.15) is 115 Å². The average Bonchev–Trinajstić information content (AvgIpc) is 1.40. The number of rotatable bonds is 16. The third kappa shape index (κ3) is 10.9. The van der Waals surface area contributed by atoms with Crippen LogP contribution in [0.4, 0.5) is 9.59 Å². The van der Waals surface area contributed by atoms with Gasteiger partial charge < -0.3 is 60.1 Å². The molecule has 10 aliphatic rings. The van der Waals surface area contributed by atoms with E-state index in [1.807, 2.05) is 12.1 Å². The van der Waals surface area contributed by atoms with Gasteiger partial charge in [0.1, 0.15) is 36.3 Å². The van der Waals surface area contributed by atoms with Gasteiger partial charge >= 0.3 is 12.2 Å². The predicted octanol–water partition coefficient (Wildman–Crippen LogP) is 2.52. The molecule has 6 aliphatic carbocycles. The van der Waals surface area contributed by atoms with Gasteiger partial charge in [0.05, 0.1) is 47.3 Å². The van der Waals surface area contributed by atoms with Gasteiger partial charge in [-0.1, -0.05) is 19.6 Å². The fraction of sp³-hybridized carbons (Fsp3) is 0.639. The molecule has 4 bridgehead atoms. The Kier molecular flexibility index (Phi) is 18.4. The maximum atomic E-state index is 13.1. The predicted molar refractivity (Wildman–Crippen MR) is 303 cm³/mol. The highest BCUT2D eigenvalue weighted by atomic mass is 16.7. The molecule has 0 amide bonds. The van der Waals surface area contributed by atoms with Crippen molar-refractivity contribution in [3.05, 3.63) is 65.2 Å². The molecule has 2 spiro atoms. The number of likely N-dealkylation sites (N-methyl/N-ethyl adjacent to an activating group) is 3. The molecule has 84 heavy (non-hydrogen) atoms. The van der Waals surface area contributed by atoms with Crippen LogP contribution in [0.5, 0.6) is 23.0 Å². The van der Waals surface area contributed by atoms with E-state index in [1.54, 1.807) is 33.3 Å². The van der Waals surface area contributed by atoms with E-state index in [1.165, 1.54) is 69.7 Å². The van der Waals surface area contributed by atoms with Crippen molar-refractivity contribution in [2.24, 2.45) is 11.8 Å². The summed E-state index contributed by atoms with van der Waals surface area (Å²) >= 11 is 0. The maximum Gasteiger partial charge on any atom is 0.514 e. The van der Waals surface area contributed by atoms with Crippen molar-refractivity contribution >= 4 is 41.2 Å². The van der Waals surface area contributed by atoms with Crippen LogP contribution < -0.4 is 34.9 Å². The number of benzene rings is 2. The van der Waals surface area contributed by atoms with Crippen molar-refractivity contribution in [2.45, 2.75) is 170 Å². The fourth-order valence-corrected chi connectivity index (χ4v) is 14.7. The van der Waals surface area contributed by atoms with E-state index in [9.17, 15) is 43.8 Å². The monoisotopic (exact) mass is 1170 g/mol. The highest BCUT2D eigenvalue weighted by Gasteiger charge is 2.75. The lowest BCUT2D eigenvalue weighted by Crippen LogP contribution is -2.76.